The van der Waals surface area contributed by atoms with Crippen LogP contribution >= 0.6 is 0 Å². The minimum Gasteiger partial charge on any atom is -0.323 e. The summed E-state index contributed by atoms with van der Waals surface area (Å²) < 4.78 is 1.87. The average Bonchev–Trinajstić information content (AvgIpc) is 3.26. The summed E-state index contributed by atoms with van der Waals surface area (Å²) in [6.07, 6.45) is 5.84. The summed E-state index contributed by atoms with van der Waals surface area (Å²) in [6.45, 7) is 4.33. The lowest BCUT2D eigenvalue weighted by atomic mass is 10.1. The van der Waals surface area contributed by atoms with Gasteiger partial charge in [-0.25, -0.2) is 0 Å². The van der Waals surface area contributed by atoms with Gasteiger partial charge in [-0.2, -0.15) is 5.10 Å². The van der Waals surface area contributed by atoms with Crippen LogP contribution in [0.15, 0.2) is 49.2 Å². The summed E-state index contributed by atoms with van der Waals surface area (Å²) in [6, 6.07) is 8.98. The molecule has 1 heterocycles. The highest BCUT2D eigenvalue weighted by Crippen LogP contribution is 2.30. The van der Waals surface area contributed by atoms with Gasteiger partial charge in [0.25, 0.3) is 0 Å². The molecule has 1 aliphatic carbocycles. The van der Waals surface area contributed by atoms with Gasteiger partial charge in [0, 0.05) is 24.5 Å². The van der Waals surface area contributed by atoms with E-state index in [1.54, 1.807) is 24.3 Å². The second-order valence-electron chi connectivity index (χ2n) is 5.99. The zero-order chi connectivity index (χ0) is 16.9. The largest absolute Gasteiger partial charge is 0.323 e. The fraction of sp³-hybridized carbons (Fsp3) is 0.278. The van der Waals surface area contributed by atoms with Crippen LogP contribution in [0.1, 0.15) is 18.4 Å². The lowest BCUT2D eigenvalue weighted by molar-refractivity contribution is -0.115. The second-order valence-corrected chi connectivity index (χ2v) is 5.99. The third-order valence-electron chi connectivity index (χ3n) is 3.79. The number of carbonyl (C=O) groups is 2. The molecule has 2 amide bonds. The molecule has 124 valence electrons. The highest BCUT2D eigenvalue weighted by Gasteiger charge is 2.22. The zero-order valence-electron chi connectivity index (χ0n) is 13.4. The number of rotatable bonds is 7. The van der Waals surface area contributed by atoms with E-state index in [4.69, 9.17) is 0 Å². The molecule has 0 saturated heterocycles. The van der Waals surface area contributed by atoms with Gasteiger partial charge in [0.05, 0.1) is 6.42 Å². The number of amides is 2. The normalized spacial score (nSPS) is 13.3. The van der Waals surface area contributed by atoms with Crippen molar-refractivity contribution in [1.29, 1.82) is 0 Å². The number of hydrogen-bond acceptors (Lipinski definition) is 3. The van der Waals surface area contributed by atoms with Crippen LogP contribution in [0.25, 0.3) is 0 Å². The molecule has 1 aromatic carbocycles. The molecular weight excluding hydrogens is 304 g/mol. The first-order valence-electron chi connectivity index (χ1n) is 7.98. The van der Waals surface area contributed by atoms with Gasteiger partial charge in [-0.3, -0.25) is 14.3 Å². The molecule has 3 rings (SSSR count). The Balaban J connectivity index is 1.55. The van der Waals surface area contributed by atoms with Crippen molar-refractivity contribution in [3.05, 3.63) is 54.7 Å². The molecule has 1 aromatic heterocycles. The van der Waals surface area contributed by atoms with Gasteiger partial charge in [-0.15, -0.1) is 0 Å². The summed E-state index contributed by atoms with van der Waals surface area (Å²) in [7, 11) is 0. The van der Waals surface area contributed by atoms with E-state index in [-0.39, 0.29) is 18.2 Å². The minimum absolute atomic E-state index is 0.140. The summed E-state index contributed by atoms with van der Waals surface area (Å²) >= 11 is 0. The summed E-state index contributed by atoms with van der Waals surface area (Å²) in [4.78, 5) is 23.5. The quantitative estimate of drug-likeness (QED) is 0.769. The first kappa shape index (κ1) is 16.0. The summed E-state index contributed by atoms with van der Waals surface area (Å²) in [5.41, 5.74) is 1.45. The maximum Gasteiger partial charge on any atom is 0.247 e. The van der Waals surface area contributed by atoms with E-state index < -0.39 is 0 Å². The molecule has 6 nitrogen and oxygen atoms in total. The highest BCUT2D eigenvalue weighted by atomic mass is 16.2. The van der Waals surface area contributed by atoms with E-state index in [2.05, 4.69) is 22.3 Å². The molecule has 1 saturated carbocycles. The smallest absolute Gasteiger partial charge is 0.247 e. The van der Waals surface area contributed by atoms with Crippen molar-refractivity contribution in [3.63, 3.8) is 0 Å². The Hall–Kier alpha value is -2.89. The standard InChI is InChI=1S/C18H20N4O2/c1-2-17(23)19-15-5-3-4-14(10-15)11-18(24)20-16-8-9-22(21-16)12-13-6-7-13/h2-5,8-10,13H,1,6-7,11-12H2,(H,19,23)(H,20,21,24). The SMILES string of the molecule is C=CC(=O)Nc1cccc(CC(=O)Nc2ccn(CC3CC3)n2)c1. The van der Waals surface area contributed by atoms with E-state index in [1.807, 2.05) is 16.9 Å². The monoisotopic (exact) mass is 324 g/mol. The van der Waals surface area contributed by atoms with Crippen LogP contribution in [0.2, 0.25) is 0 Å². The molecular formula is C18H20N4O2. The maximum atomic E-state index is 12.2. The molecule has 1 fully saturated rings. The predicted octanol–water partition coefficient (Wildman–Crippen LogP) is 2.60. The minimum atomic E-state index is -0.280. The van der Waals surface area contributed by atoms with Gasteiger partial charge < -0.3 is 10.6 Å². The molecule has 6 heteroatoms. The molecule has 1 aliphatic rings. The lowest BCUT2D eigenvalue weighted by Gasteiger charge is -2.06. The topological polar surface area (TPSA) is 76.0 Å². The number of nitrogens with one attached hydrogen (secondary N) is 2. The number of benzene rings is 1. The van der Waals surface area contributed by atoms with E-state index in [0.29, 0.717) is 11.5 Å². The number of carbonyl (C=O) groups excluding carboxylic acids is 2. The van der Waals surface area contributed by atoms with E-state index in [0.717, 1.165) is 18.0 Å². The van der Waals surface area contributed by atoms with E-state index in [1.165, 1.54) is 18.9 Å². The molecule has 0 radical (unpaired) electrons. The summed E-state index contributed by atoms with van der Waals surface area (Å²) in [5, 5.41) is 9.84. The van der Waals surface area contributed by atoms with Crippen LogP contribution in [0.3, 0.4) is 0 Å². The van der Waals surface area contributed by atoms with Gasteiger partial charge in [0.15, 0.2) is 5.82 Å². The van der Waals surface area contributed by atoms with Crippen molar-refractivity contribution in [2.24, 2.45) is 5.92 Å². The fourth-order valence-electron chi connectivity index (χ4n) is 2.42. The Morgan fingerprint density at radius 1 is 1.29 bits per heavy atom. The fourth-order valence-corrected chi connectivity index (χ4v) is 2.42. The van der Waals surface area contributed by atoms with Crippen molar-refractivity contribution in [1.82, 2.24) is 9.78 Å². The first-order valence-corrected chi connectivity index (χ1v) is 7.98. The molecule has 2 aromatic rings. The zero-order valence-corrected chi connectivity index (χ0v) is 13.4. The molecule has 0 atom stereocenters. The number of anilines is 2. The molecule has 0 unspecified atom stereocenters. The van der Waals surface area contributed by atoms with Crippen molar-refractivity contribution in [2.45, 2.75) is 25.8 Å². The Bertz CT molecular complexity index is 762. The Kier molecular flexibility index (Phi) is 4.74. The molecule has 0 bridgehead atoms. The van der Waals surface area contributed by atoms with Crippen molar-refractivity contribution >= 4 is 23.3 Å². The summed E-state index contributed by atoms with van der Waals surface area (Å²) in [5.74, 6) is 0.885. The van der Waals surface area contributed by atoms with Gasteiger partial charge in [0.2, 0.25) is 11.8 Å². The van der Waals surface area contributed by atoms with Crippen molar-refractivity contribution in [3.8, 4) is 0 Å². The van der Waals surface area contributed by atoms with Crippen LogP contribution in [0.5, 0.6) is 0 Å². The third kappa shape index (κ3) is 4.55. The Morgan fingerprint density at radius 3 is 2.88 bits per heavy atom. The van der Waals surface area contributed by atoms with Gasteiger partial charge >= 0.3 is 0 Å². The second kappa shape index (κ2) is 7.12. The van der Waals surface area contributed by atoms with Crippen LogP contribution < -0.4 is 10.6 Å². The van der Waals surface area contributed by atoms with E-state index >= 15 is 0 Å². The molecule has 2 N–H and O–H groups in total. The average molecular weight is 324 g/mol. The van der Waals surface area contributed by atoms with Gasteiger partial charge in [0.1, 0.15) is 0 Å². The number of aromatic nitrogens is 2. The van der Waals surface area contributed by atoms with Crippen LogP contribution in [-0.4, -0.2) is 21.6 Å². The van der Waals surface area contributed by atoms with Gasteiger partial charge in [-0.1, -0.05) is 18.7 Å². The van der Waals surface area contributed by atoms with Crippen LogP contribution in [-0.2, 0) is 22.6 Å². The van der Waals surface area contributed by atoms with Gasteiger partial charge in [-0.05, 0) is 42.5 Å². The maximum absolute atomic E-state index is 12.2. The third-order valence-corrected chi connectivity index (χ3v) is 3.79. The lowest BCUT2D eigenvalue weighted by Crippen LogP contribution is -2.15. The predicted molar refractivity (Wildman–Crippen MR) is 92.6 cm³/mol. The number of nitrogens with zero attached hydrogens (tertiary/aromatic N) is 2. The van der Waals surface area contributed by atoms with E-state index in [9.17, 15) is 9.59 Å². The van der Waals surface area contributed by atoms with Crippen molar-refractivity contribution in [2.75, 3.05) is 10.6 Å². The van der Waals surface area contributed by atoms with Crippen LogP contribution in [0.4, 0.5) is 11.5 Å². The van der Waals surface area contributed by atoms with Crippen LogP contribution in [0, 0.1) is 5.92 Å². The highest BCUT2D eigenvalue weighted by molar-refractivity contribution is 5.99. The Morgan fingerprint density at radius 2 is 2.12 bits per heavy atom. The first-order chi connectivity index (χ1) is 11.6. The molecule has 24 heavy (non-hydrogen) atoms. The molecule has 0 aliphatic heterocycles. The Labute approximate surface area is 140 Å². The number of hydrogen-bond donors (Lipinski definition) is 2. The molecule has 0 spiro atoms. The van der Waals surface area contributed by atoms with Crippen molar-refractivity contribution < 1.29 is 9.59 Å².